The van der Waals surface area contributed by atoms with Gasteiger partial charge in [-0.05, 0) is 24.0 Å². The summed E-state index contributed by atoms with van der Waals surface area (Å²) >= 11 is 0. The summed E-state index contributed by atoms with van der Waals surface area (Å²) in [4.78, 5) is 12.1. The average molecular weight is 278 g/mol. The minimum absolute atomic E-state index is 0.225. The summed E-state index contributed by atoms with van der Waals surface area (Å²) in [6.07, 6.45) is 1.78. The molecule has 0 fully saturated rings. The van der Waals surface area contributed by atoms with Gasteiger partial charge in [-0.2, -0.15) is 5.26 Å². The number of hydrogen-bond acceptors (Lipinski definition) is 2. The lowest BCUT2D eigenvalue weighted by Gasteiger charge is -2.10. The van der Waals surface area contributed by atoms with Crippen molar-refractivity contribution in [3.63, 3.8) is 0 Å². The third-order valence-electron chi connectivity index (χ3n) is 3.31. The van der Waals surface area contributed by atoms with Crippen LogP contribution in [0.25, 0.3) is 0 Å². The molecule has 1 N–H and O–H groups in total. The molecule has 0 bridgehead atoms. The third kappa shape index (κ3) is 4.47. The van der Waals surface area contributed by atoms with Gasteiger partial charge in [0.1, 0.15) is 5.92 Å². The fourth-order valence-corrected chi connectivity index (χ4v) is 2.18. The standard InChI is InChI=1S/C18H18N2O/c19-14-17(16-11-5-2-6-12-16)18(21)20-13-7-10-15-8-3-1-4-9-15/h1-6,8-9,11-12,17H,7,10,13H2,(H,20,21). The molecule has 0 radical (unpaired) electrons. The van der Waals surface area contributed by atoms with Crippen molar-refractivity contribution in [2.24, 2.45) is 0 Å². The lowest BCUT2D eigenvalue weighted by molar-refractivity contribution is -0.121. The summed E-state index contributed by atoms with van der Waals surface area (Å²) in [6, 6.07) is 21.4. The SMILES string of the molecule is N#CC(C(=O)NCCCc1ccccc1)c1ccccc1. The summed E-state index contributed by atoms with van der Waals surface area (Å²) < 4.78 is 0. The molecule has 1 unspecified atom stereocenters. The van der Waals surface area contributed by atoms with Crippen LogP contribution in [0.5, 0.6) is 0 Å². The van der Waals surface area contributed by atoms with Crippen LogP contribution >= 0.6 is 0 Å². The van der Waals surface area contributed by atoms with E-state index in [0.29, 0.717) is 6.54 Å². The van der Waals surface area contributed by atoms with Crippen LogP contribution in [-0.2, 0) is 11.2 Å². The van der Waals surface area contributed by atoms with E-state index in [4.69, 9.17) is 0 Å². The van der Waals surface area contributed by atoms with E-state index in [1.165, 1.54) is 5.56 Å². The Bertz CT molecular complexity index is 602. The highest BCUT2D eigenvalue weighted by Crippen LogP contribution is 2.14. The molecular formula is C18H18N2O. The summed E-state index contributed by atoms with van der Waals surface area (Å²) in [6.45, 7) is 0.582. The molecule has 2 aromatic carbocycles. The first-order chi connectivity index (χ1) is 10.3. The Kier molecular flexibility index (Phi) is 5.54. The molecule has 106 valence electrons. The van der Waals surface area contributed by atoms with Gasteiger partial charge in [0, 0.05) is 6.54 Å². The Hall–Kier alpha value is -2.60. The van der Waals surface area contributed by atoms with Crippen LogP contribution in [0.4, 0.5) is 0 Å². The quantitative estimate of drug-likeness (QED) is 0.826. The number of nitrogens with zero attached hydrogens (tertiary/aromatic N) is 1. The summed E-state index contributed by atoms with van der Waals surface area (Å²) in [7, 11) is 0. The van der Waals surface area contributed by atoms with Gasteiger partial charge in [0.2, 0.25) is 5.91 Å². The molecule has 0 saturated carbocycles. The maximum Gasteiger partial charge on any atom is 0.241 e. The van der Waals surface area contributed by atoms with E-state index in [1.54, 1.807) is 12.1 Å². The molecule has 0 aliphatic carbocycles. The molecule has 0 saturated heterocycles. The number of benzene rings is 2. The van der Waals surface area contributed by atoms with E-state index >= 15 is 0 Å². The molecule has 0 spiro atoms. The van der Waals surface area contributed by atoms with E-state index in [2.05, 4.69) is 23.5 Å². The van der Waals surface area contributed by atoms with Gasteiger partial charge in [0.15, 0.2) is 0 Å². The summed E-state index contributed by atoms with van der Waals surface area (Å²) in [5.74, 6) is -0.959. The zero-order valence-electron chi connectivity index (χ0n) is 11.8. The van der Waals surface area contributed by atoms with Crippen LogP contribution in [0.2, 0.25) is 0 Å². The Labute approximate surface area is 125 Å². The molecule has 0 aromatic heterocycles. The third-order valence-corrected chi connectivity index (χ3v) is 3.31. The van der Waals surface area contributed by atoms with Gasteiger partial charge in [0.05, 0.1) is 6.07 Å². The second-order valence-electron chi connectivity index (χ2n) is 4.85. The second-order valence-corrected chi connectivity index (χ2v) is 4.85. The van der Waals surface area contributed by atoms with Crippen LogP contribution in [-0.4, -0.2) is 12.5 Å². The molecule has 3 heteroatoms. The Morgan fingerprint density at radius 3 is 2.29 bits per heavy atom. The second kappa shape index (κ2) is 7.86. The smallest absolute Gasteiger partial charge is 0.241 e. The molecule has 2 aromatic rings. The zero-order valence-corrected chi connectivity index (χ0v) is 11.8. The lowest BCUT2D eigenvalue weighted by atomic mass is 10.00. The number of nitriles is 1. The highest BCUT2D eigenvalue weighted by atomic mass is 16.1. The van der Waals surface area contributed by atoms with Crippen LogP contribution in [0.3, 0.4) is 0 Å². The molecule has 2 rings (SSSR count). The van der Waals surface area contributed by atoms with Crippen molar-refractivity contribution in [1.82, 2.24) is 5.32 Å². The van der Waals surface area contributed by atoms with E-state index in [1.807, 2.05) is 36.4 Å². The molecule has 1 amide bonds. The molecule has 1 atom stereocenters. The van der Waals surface area contributed by atoms with Gasteiger partial charge < -0.3 is 5.32 Å². The topological polar surface area (TPSA) is 52.9 Å². The fraction of sp³-hybridized carbons (Fsp3) is 0.222. The van der Waals surface area contributed by atoms with Gasteiger partial charge in [-0.3, -0.25) is 4.79 Å². The van der Waals surface area contributed by atoms with E-state index < -0.39 is 5.92 Å². The monoisotopic (exact) mass is 278 g/mol. The number of aryl methyl sites for hydroxylation is 1. The van der Waals surface area contributed by atoms with Gasteiger partial charge in [-0.15, -0.1) is 0 Å². The largest absolute Gasteiger partial charge is 0.355 e. The first-order valence-corrected chi connectivity index (χ1v) is 7.07. The summed E-state index contributed by atoms with van der Waals surface area (Å²) in [5.41, 5.74) is 1.99. The molecule has 21 heavy (non-hydrogen) atoms. The first-order valence-electron chi connectivity index (χ1n) is 7.07. The van der Waals surface area contributed by atoms with E-state index in [0.717, 1.165) is 18.4 Å². The van der Waals surface area contributed by atoms with E-state index in [9.17, 15) is 10.1 Å². The number of hydrogen-bond donors (Lipinski definition) is 1. The zero-order chi connectivity index (χ0) is 14.9. The van der Waals surface area contributed by atoms with Crippen molar-refractivity contribution in [3.8, 4) is 6.07 Å². The molecule has 3 nitrogen and oxygen atoms in total. The average Bonchev–Trinajstić information content (AvgIpc) is 2.54. The Balaban J connectivity index is 1.80. The van der Waals surface area contributed by atoms with Gasteiger partial charge in [-0.25, -0.2) is 0 Å². The van der Waals surface area contributed by atoms with Crippen molar-refractivity contribution in [1.29, 1.82) is 5.26 Å². The molecule has 0 aliphatic heterocycles. The predicted molar refractivity (Wildman–Crippen MR) is 82.6 cm³/mol. The van der Waals surface area contributed by atoms with Crippen LogP contribution in [0.1, 0.15) is 23.5 Å². The van der Waals surface area contributed by atoms with Crippen molar-refractivity contribution >= 4 is 5.91 Å². The van der Waals surface area contributed by atoms with Crippen molar-refractivity contribution in [2.45, 2.75) is 18.8 Å². The van der Waals surface area contributed by atoms with Crippen LogP contribution in [0.15, 0.2) is 60.7 Å². The van der Waals surface area contributed by atoms with Gasteiger partial charge in [-0.1, -0.05) is 60.7 Å². The Morgan fingerprint density at radius 2 is 1.67 bits per heavy atom. The predicted octanol–water partition coefficient (Wildman–Crippen LogP) is 3.04. The number of carbonyl (C=O) groups is 1. The van der Waals surface area contributed by atoms with Gasteiger partial charge >= 0.3 is 0 Å². The molecule has 0 heterocycles. The molecular weight excluding hydrogens is 260 g/mol. The minimum Gasteiger partial charge on any atom is -0.355 e. The Morgan fingerprint density at radius 1 is 1.05 bits per heavy atom. The summed E-state index contributed by atoms with van der Waals surface area (Å²) in [5, 5.41) is 12.0. The maximum absolute atomic E-state index is 12.1. The molecule has 0 aliphatic rings. The van der Waals surface area contributed by atoms with Crippen molar-refractivity contribution < 1.29 is 4.79 Å². The maximum atomic E-state index is 12.1. The van der Waals surface area contributed by atoms with Gasteiger partial charge in [0.25, 0.3) is 0 Å². The lowest BCUT2D eigenvalue weighted by Crippen LogP contribution is -2.29. The van der Waals surface area contributed by atoms with Crippen LogP contribution < -0.4 is 5.32 Å². The first kappa shape index (κ1) is 14.8. The number of amides is 1. The fourth-order valence-electron chi connectivity index (χ4n) is 2.18. The van der Waals surface area contributed by atoms with Crippen LogP contribution in [0, 0.1) is 11.3 Å². The number of rotatable bonds is 6. The minimum atomic E-state index is -0.733. The number of nitrogens with one attached hydrogen (secondary N) is 1. The normalized spacial score (nSPS) is 11.4. The number of carbonyl (C=O) groups excluding carboxylic acids is 1. The highest BCUT2D eigenvalue weighted by Gasteiger charge is 2.18. The highest BCUT2D eigenvalue weighted by molar-refractivity contribution is 5.86. The van der Waals surface area contributed by atoms with Crippen molar-refractivity contribution in [3.05, 3.63) is 71.8 Å². The van der Waals surface area contributed by atoms with E-state index in [-0.39, 0.29) is 5.91 Å². The van der Waals surface area contributed by atoms with Crippen molar-refractivity contribution in [2.75, 3.05) is 6.54 Å².